The highest BCUT2D eigenvalue weighted by Gasteiger charge is 2.49. The van der Waals surface area contributed by atoms with Crippen LogP contribution in [0.2, 0.25) is 0 Å². The van der Waals surface area contributed by atoms with Gasteiger partial charge in [0, 0.05) is 14.2 Å². The lowest BCUT2D eigenvalue weighted by atomic mass is 10.2. The van der Waals surface area contributed by atoms with Crippen molar-refractivity contribution < 1.29 is 31.4 Å². The van der Waals surface area contributed by atoms with Gasteiger partial charge in [-0.3, -0.25) is 0 Å². The molecule has 0 saturated carbocycles. The van der Waals surface area contributed by atoms with Gasteiger partial charge in [0.2, 0.25) is 0 Å². The molecular weight excluding hydrogens is 199 g/mol. The minimum Gasteiger partial charge on any atom is -0.372 e. The molecule has 0 heterocycles. The van der Waals surface area contributed by atoms with E-state index in [4.69, 9.17) is 0 Å². The highest BCUT2D eigenvalue weighted by Crippen LogP contribution is 2.28. The Morgan fingerprint density at radius 3 is 1.54 bits per heavy atom. The van der Waals surface area contributed by atoms with Gasteiger partial charge in [0.15, 0.2) is 12.2 Å². The quantitative estimate of drug-likeness (QED) is 0.656. The molecule has 80 valence electrons. The molecule has 0 fully saturated rings. The van der Waals surface area contributed by atoms with Crippen LogP contribution in [0.25, 0.3) is 0 Å². The first-order valence-corrected chi connectivity index (χ1v) is 3.25. The van der Waals surface area contributed by atoms with Crippen molar-refractivity contribution in [1.82, 2.24) is 0 Å². The molecule has 0 amide bonds. The van der Waals surface area contributed by atoms with Crippen LogP contribution in [0.3, 0.4) is 0 Å². The third-order valence-electron chi connectivity index (χ3n) is 1.40. The summed E-state index contributed by atoms with van der Waals surface area (Å²) in [6.07, 6.45) is -13.0. The standard InChI is InChI=1S/C6H9F5O2/c1-12-3(5(7)8)4(13-2)6(9,10)11/h3-5H,1-2H3. The molecule has 0 rings (SSSR count). The molecule has 0 spiro atoms. The predicted molar refractivity (Wildman–Crippen MR) is 33.7 cm³/mol. The molecule has 2 unspecified atom stereocenters. The van der Waals surface area contributed by atoms with Crippen LogP contribution in [0.5, 0.6) is 0 Å². The fourth-order valence-electron chi connectivity index (χ4n) is 0.813. The average Bonchev–Trinajstić information content (AvgIpc) is 1.96. The topological polar surface area (TPSA) is 18.5 Å². The second kappa shape index (κ2) is 4.71. The zero-order valence-electron chi connectivity index (χ0n) is 6.94. The smallest absolute Gasteiger partial charge is 0.372 e. The van der Waals surface area contributed by atoms with Gasteiger partial charge >= 0.3 is 6.18 Å². The largest absolute Gasteiger partial charge is 0.417 e. The van der Waals surface area contributed by atoms with Crippen molar-refractivity contribution in [1.29, 1.82) is 0 Å². The molecule has 0 aromatic heterocycles. The first-order valence-electron chi connectivity index (χ1n) is 3.25. The number of methoxy groups -OCH3 is 2. The van der Waals surface area contributed by atoms with E-state index in [1.54, 1.807) is 0 Å². The molecule has 0 bridgehead atoms. The van der Waals surface area contributed by atoms with Gasteiger partial charge in [0.1, 0.15) is 0 Å². The summed E-state index contributed by atoms with van der Waals surface area (Å²) >= 11 is 0. The number of hydrogen-bond acceptors (Lipinski definition) is 2. The van der Waals surface area contributed by atoms with E-state index in [1.165, 1.54) is 0 Å². The van der Waals surface area contributed by atoms with Crippen molar-refractivity contribution in [3.05, 3.63) is 0 Å². The van der Waals surface area contributed by atoms with Crippen molar-refractivity contribution in [2.75, 3.05) is 14.2 Å². The monoisotopic (exact) mass is 208 g/mol. The van der Waals surface area contributed by atoms with Crippen LogP contribution >= 0.6 is 0 Å². The Labute approximate surface area is 71.6 Å². The summed E-state index contributed by atoms with van der Waals surface area (Å²) in [5, 5.41) is 0. The lowest BCUT2D eigenvalue weighted by Gasteiger charge is -2.25. The fourth-order valence-corrected chi connectivity index (χ4v) is 0.813. The van der Waals surface area contributed by atoms with E-state index in [-0.39, 0.29) is 0 Å². The summed E-state index contributed by atoms with van der Waals surface area (Å²) in [5.74, 6) is 0. The molecule has 0 aromatic rings. The molecule has 2 nitrogen and oxygen atoms in total. The summed E-state index contributed by atoms with van der Waals surface area (Å²) in [6, 6.07) is 0. The van der Waals surface area contributed by atoms with Crippen molar-refractivity contribution in [3.8, 4) is 0 Å². The van der Waals surface area contributed by atoms with Crippen LogP contribution in [0.1, 0.15) is 0 Å². The maximum Gasteiger partial charge on any atom is 0.417 e. The number of halogens is 5. The Balaban J connectivity index is 4.53. The number of hydrogen-bond donors (Lipinski definition) is 0. The Morgan fingerprint density at radius 1 is 1.00 bits per heavy atom. The zero-order chi connectivity index (χ0) is 10.6. The summed E-state index contributed by atoms with van der Waals surface area (Å²) in [7, 11) is 1.47. The average molecular weight is 208 g/mol. The van der Waals surface area contributed by atoms with Crippen LogP contribution in [0.4, 0.5) is 22.0 Å². The molecule has 0 aliphatic rings. The van der Waals surface area contributed by atoms with Crippen molar-refractivity contribution in [3.63, 3.8) is 0 Å². The molecule has 0 aromatic carbocycles. The van der Waals surface area contributed by atoms with Gasteiger partial charge in [-0.1, -0.05) is 0 Å². The van der Waals surface area contributed by atoms with Gasteiger partial charge in [-0.25, -0.2) is 8.78 Å². The van der Waals surface area contributed by atoms with Gasteiger partial charge in [0.25, 0.3) is 6.43 Å². The third-order valence-corrected chi connectivity index (χ3v) is 1.40. The summed E-state index contributed by atoms with van der Waals surface area (Å²) in [5.41, 5.74) is 0. The Morgan fingerprint density at radius 2 is 1.46 bits per heavy atom. The number of ether oxygens (including phenoxy) is 2. The molecule has 0 N–H and O–H groups in total. The number of alkyl halides is 5. The fraction of sp³-hybridized carbons (Fsp3) is 1.00. The molecule has 13 heavy (non-hydrogen) atoms. The highest BCUT2D eigenvalue weighted by atomic mass is 19.4. The van der Waals surface area contributed by atoms with E-state index in [1.807, 2.05) is 0 Å². The minimum atomic E-state index is -4.86. The lowest BCUT2D eigenvalue weighted by molar-refractivity contribution is -0.257. The molecule has 0 radical (unpaired) electrons. The van der Waals surface area contributed by atoms with Gasteiger partial charge in [0.05, 0.1) is 0 Å². The van der Waals surface area contributed by atoms with Crippen LogP contribution in [-0.2, 0) is 9.47 Å². The maximum absolute atomic E-state index is 12.0. The highest BCUT2D eigenvalue weighted by molar-refractivity contribution is 4.79. The van der Waals surface area contributed by atoms with Gasteiger partial charge in [-0.2, -0.15) is 13.2 Å². The van der Waals surface area contributed by atoms with Gasteiger partial charge in [-0.15, -0.1) is 0 Å². The van der Waals surface area contributed by atoms with E-state index in [9.17, 15) is 22.0 Å². The first-order chi connectivity index (χ1) is 5.84. The summed E-state index contributed by atoms with van der Waals surface area (Å²) in [4.78, 5) is 0. The van der Waals surface area contributed by atoms with E-state index in [2.05, 4.69) is 9.47 Å². The molecule has 0 saturated heterocycles. The van der Waals surface area contributed by atoms with E-state index < -0.39 is 24.8 Å². The second-order valence-corrected chi connectivity index (χ2v) is 2.23. The van der Waals surface area contributed by atoms with Crippen molar-refractivity contribution >= 4 is 0 Å². The maximum atomic E-state index is 12.0. The molecule has 7 heteroatoms. The van der Waals surface area contributed by atoms with E-state index in [0.717, 1.165) is 7.11 Å². The van der Waals surface area contributed by atoms with E-state index >= 15 is 0 Å². The third kappa shape index (κ3) is 3.43. The van der Waals surface area contributed by atoms with Gasteiger partial charge in [-0.05, 0) is 0 Å². The van der Waals surface area contributed by atoms with Crippen molar-refractivity contribution in [2.24, 2.45) is 0 Å². The molecule has 0 aliphatic heterocycles. The Bertz CT molecular complexity index is 146. The summed E-state index contributed by atoms with van der Waals surface area (Å²) < 4.78 is 67.8. The first kappa shape index (κ1) is 12.6. The lowest BCUT2D eigenvalue weighted by Crippen LogP contribution is -2.46. The van der Waals surface area contributed by atoms with Crippen LogP contribution < -0.4 is 0 Å². The molecular formula is C6H9F5O2. The molecule has 0 aliphatic carbocycles. The van der Waals surface area contributed by atoms with Crippen LogP contribution in [0, 0.1) is 0 Å². The van der Waals surface area contributed by atoms with Gasteiger partial charge < -0.3 is 9.47 Å². The van der Waals surface area contributed by atoms with Crippen LogP contribution in [-0.4, -0.2) is 39.0 Å². The zero-order valence-corrected chi connectivity index (χ0v) is 6.94. The number of rotatable bonds is 4. The Hall–Kier alpha value is -0.430. The molecule has 2 atom stereocenters. The normalized spacial score (nSPS) is 17.5. The van der Waals surface area contributed by atoms with Crippen LogP contribution in [0.15, 0.2) is 0 Å². The second-order valence-electron chi connectivity index (χ2n) is 2.23. The minimum absolute atomic E-state index is 0.701. The van der Waals surface area contributed by atoms with E-state index in [0.29, 0.717) is 7.11 Å². The predicted octanol–water partition coefficient (Wildman–Crippen LogP) is 1.84. The SMILES string of the molecule is COC(C(F)F)C(OC)C(F)(F)F. The van der Waals surface area contributed by atoms with Crippen molar-refractivity contribution in [2.45, 2.75) is 24.8 Å². The summed E-state index contributed by atoms with van der Waals surface area (Å²) in [6.45, 7) is 0. The Kier molecular flexibility index (Phi) is 4.55.